The van der Waals surface area contributed by atoms with Crippen LogP contribution in [0.5, 0.6) is 0 Å². The van der Waals surface area contributed by atoms with Gasteiger partial charge in [-0.3, -0.25) is 14.5 Å². The molecule has 1 aromatic rings. The Morgan fingerprint density at radius 1 is 1.23 bits per heavy atom. The Balaban J connectivity index is 1.45. The Morgan fingerprint density at radius 2 is 2.03 bits per heavy atom. The number of carbonyl (C=O) groups excluding carboxylic acids is 3. The van der Waals surface area contributed by atoms with E-state index in [1.807, 2.05) is 17.9 Å². The molecule has 0 radical (unpaired) electrons. The number of ether oxygens (including phenoxy) is 1. The average Bonchev–Trinajstić information content (AvgIpc) is 3.42. The SMILES string of the molecule is CC[C@]1(C(=O)NCc2ccc(C)c(C)c2)C[C@H]2CC[C@@H]1N2C(=O)CN1CCOC1=O. The quantitative estimate of drug-likeness (QED) is 0.777. The summed E-state index contributed by atoms with van der Waals surface area (Å²) in [7, 11) is 0. The number of carbonyl (C=O) groups is 3. The summed E-state index contributed by atoms with van der Waals surface area (Å²) in [6.07, 6.45) is 2.73. The third kappa shape index (κ3) is 3.44. The lowest BCUT2D eigenvalue weighted by Crippen LogP contribution is -2.50. The van der Waals surface area contributed by atoms with Gasteiger partial charge in [0, 0.05) is 18.6 Å². The molecule has 7 heteroatoms. The second kappa shape index (κ2) is 7.93. The number of fused-ring (bicyclic) bond motifs is 2. The lowest BCUT2D eigenvalue weighted by molar-refractivity contribution is -0.137. The molecule has 0 aromatic heterocycles. The van der Waals surface area contributed by atoms with Crippen molar-refractivity contribution in [3.63, 3.8) is 0 Å². The number of nitrogens with one attached hydrogen (secondary N) is 1. The topological polar surface area (TPSA) is 79.0 Å². The zero-order valence-electron chi connectivity index (χ0n) is 18.1. The molecule has 0 unspecified atom stereocenters. The maximum Gasteiger partial charge on any atom is 0.410 e. The molecule has 162 valence electrons. The molecule has 0 spiro atoms. The predicted molar refractivity (Wildman–Crippen MR) is 112 cm³/mol. The summed E-state index contributed by atoms with van der Waals surface area (Å²) in [5.41, 5.74) is 2.98. The molecule has 1 N–H and O–H groups in total. The minimum absolute atomic E-state index is 0.0359. The highest BCUT2D eigenvalue weighted by Crippen LogP contribution is 2.52. The summed E-state index contributed by atoms with van der Waals surface area (Å²) >= 11 is 0. The van der Waals surface area contributed by atoms with Crippen molar-refractivity contribution < 1.29 is 19.1 Å². The molecule has 3 amide bonds. The van der Waals surface area contributed by atoms with Crippen LogP contribution in [0.3, 0.4) is 0 Å². The summed E-state index contributed by atoms with van der Waals surface area (Å²) in [6.45, 7) is 7.50. The summed E-state index contributed by atoms with van der Waals surface area (Å²) in [5, 5.41) is 3.14. The minimum Gasteiger partial charge on any atom is -0.448 e. The van der Waals surface area contributed by atoms with Crippen molar-refractivity contribution in [1.82, 2.24) is 15.1 Å². The van der Waals surface area contributed by atoms with Crippen molar-refractivity contribution >= 4 is 17.9 Å². The zero-order chi connectivity index (χ0) is 21.5. The Bertz CT molecular complexity index is 870. The van der Waals surface area contributed by atoms with Crippen molar-refractivity contribution in [2.24, 2.45) is 5.41 Å². The van der Waals surface area contributed by atoms with Gasteiger partial charge < -0.3 is 15.0 Å². The van der Waals surface area contributed by atoms with E-state index in [9.17, 15) is 14.4 Å². The van der Waals surface area contributed by atoms with Crippen LogP contribution in [0.25, 0.3) is 0 Å². The molecule has 7 nitrogen and oxygen atoms in total. The van der Waals surface area contributed by atoms with Gasteiger partial charge in [0.1, 0.15) is 13.2 Å². The Labute approximate surface area is 177 Å². The fraction of sp³-hybridized carbons (Fsp3) is 0.609. The van der Waals surface area contributed by atoms with Gasteiger partial charge in [0.25, 0.3) is 0 Å². The number of hydrogen-bond donors (Lipinski definition) is 1. The van der Waals surface area contributed by atoms with E-state index < -0.39 is 11.5 Å². The van der Waals surface area contributed by atoms with Crippen LogP contribution in [0.4, 0.5) is 4.79 Å². The van der Waals surface area contributed by atoms with Crippen LogP contribution >= 0.6 is 0 Å². The third-order valence-electron chi connectivity index (χ3n) is 7.31. The average molecular weight is 414 g/mol. The van der Waals surface area contributed by atoms with Crippen LogP contribution in [0.15, 0.2) is 18.2 Å². The number of benzene rings is 1. The van der Waals surface area contributed by atoms with Gasteiger partial charge in [-0.15, -0.1) is 0 Å². The third-order valence-corrected chi connectivity index (χ3v) is 7.31. The van der Waals surface area contributed by atoms with E-state index in [4.69, 9.17) is 4.74 Å². The van der Waals surface area contributed by atoms with Gasteiger partial charge in [0.2, 0.25) is 11.8 Å². The number of aryl methyl sites for hydroxylation is 2. The predicted octanol–water partition coefficient (Wildman–Crippen LogP) is 2.53. The van der Waals surface area contributed by atoms with Gasteiger partial charge in [-0.05, 0) is 56.2 Å². The maximum absolute atomic E-state index is 13.3. The number of nitrogens with zero attached hydrogens (tertiary/aromatic N) is 2. The molecule has 2 bridgehead atoms. The molecule has 3 saturated heterocycles. The van der Waals surface area contributed by atoms with Crippen LogP contribution < -0.4 is 5.32 Å². The molecule has 4 rings (SSSR count). The van der Waals surface area contributed by atoms with E-state index in [-0.39, 0.29) is 30.4 Å². The number of rotatable bonds is 6. The van der Waals surface area contributed by atoms with Gasteiger partial charge in [0.05, 0.1) is 12.0 Å². The molecule has 3 aliphatic heterocycles. The first kappa shape index (κ1) is 20.7. The van der Waals surface area contributed by atoms with Gasteiger partial charge in [-0.1, -0.05) is 25.1 Å². The fourth-order valence-corrected chi connectivity index (χ4v) is 5.43. The van der Waals surface area contributed by atoms with E-state index in [1.54, 1.807) is 0 Å². The largest absolute Gasteiger partial charge is 0.448 e. The van der Waals surface area contributed by atoms with E-state index in [0.717, 1.165) is 18.4 Å². The van der Waals surface area contributed by atoms with Crippen LogP contribution in [-0.2, 0) is 20.9 Å². The Morgan fingerprint density at radius 3 is 2.70 bits per heavy atom. The van der Waals surface area contributed by atoms with E-state index in [1.165, 1.54) is 16.0 Å². The highest BCUT2D eigenvalue weighted by molar-refractivity contribution is 5.88. The summed E-state index contributed by atoms with van der Waals surface area (Å²) in [4.78, 5) is 41.4. The number of cyclic esters (lactones) is 1. The van der Waals surface area contributed by atoms with Gasteiger partial charge in [0.15, 0.2) is 0 Å². The van der Waals surface area contributed by atoms with Crippen molar-refractivity contribution in [3.05, 3.63) is 34.9 Å². The Kier molecular flexibility index (Phi) is 5.47. The van der Waals surface area contributed by atoms with Crippen LogP contribution in [0, 0.1) is 19.3 Å². The Hall–Kier alpha value is -2.57. The highest BCUT2D eigenvalue weighted by atomic mass is 16.6. The summed E-state index contributed by atoms with van der Waals surface area (Å²) < 4.78 is 4.94. The van der Waals surface area contributed by atoms with Crippen LogP contribution in [-0.4, -0.2) is 59.5 Å². The summed E-state index contributed by atoms with van der Waals surface area (Å²) in [5.74, 6) is -0.0348. The molecule has 3 aliphatic rings. The van der Waals surface area contributed by atoms with Gasteiger partial charge in [-0.25, -0.2) is 4.79 Å². The smallest absolute Gasteiger partial charge is 0.410 e. The zero-order valence-corrected chi connectivity index (χ0v) is 18.1. The molecule has 3 atom stereocenters. The van der Waals surface area contributed by atoms with E-state index in [0.29, 0.717) is 32.5 Å². The standard InChI is InChI=1S/C23H31N3O4/c1-4-23(21(28)24-13-17-6-5-15(2)16(3)11-17)12-18-7-8-19(23)26(18)20(27)14-25-9-10-30-22(25)29/h5-6,11,18-19H,4,7-10,12-14H2,1-3H3,(H,24,28)/t18-,19+,23+/m1/s1. The first-order valence-corrected chi connectivity index (χ1v) is 10.9. The first-order valence-electron chi connectivity index (χ1n) is 10.9. The minimum atomic E-state index is -0.552. The summed E-state index contributed by atoms with van der Waals surface area (Å²) in [6, 6.07) is 6.22. The number of amides is 3. The van der Waals surface area contributed by atoms with Crippen LogP contribution in [0.2, 0.25) is 0 Å². The first-order chi connectivity index (χ1) is 14.4. The van der Waals surface area contributed by atoms with Crippen LogP contribution in [0.1, 0.15) is 49.3 Å². The second-order valence-corrected chi connectivity index (χ2v) is 8.90. The number of hydrogen-bond acceptors (Lipinski definition) is 4. The monoisotopic (exact) mass is 413 g/mol. The van der Waals surface area contributed by atoms with Gasteiger partial charge >= 0.3 is 6.09 Å². The van der Waals surface area contributed by atoms with E-state index >= 15 is 0 Å². The van der Waals surface area contributed by atoms with Crippen molar-refractivity contribution in [2.75, 3.05) is 19.7 Å². The maximum atomic E-state index is 13.3. The molecular formula is C23H31N3O4. The van der Waals surface area contributed by atoms with Gasteiger partial charge in [-0.2, -0.15) is 0 Å². The normalized spacial score (nSPS) is 27.5. The van der Waals surface area contributed by atoms with Crippen molar-refractivity contribution in [1.29, 1.82) is 0 Å². The highest BCUT2D eigenvalue weighted by Gasteiger charge is 2.60. The molecule has 3 fully saturated rings. The lowest BCUT2D eigenvalue weighted by Gasteiger charge is -2.35. The molecule has 0 aliphatic carbocycles. The molecule has 0 saturated carbocycles. The molecular weight excluding hydrogens is 382 g/mol. The molecule has 3 heterocycles. The second-order valence-electron chi connectivity index (χ2n) is 8.90. The van der Waals surface area contributed by atoms with Crippen molar-refractivity contribution in [2.45, 2.75) is 65.1 Å². The van der Waals surface area contributed by atoms with E-state index in [2.05, 4.69) is 31.3 Å². The molecule has 30 heavy (non-hydrogen) atoms. The van der Waals surface area contributed by atoms with Crippen molar-refractivity contribution in [3.8, 4) is 0 Å². The fourth-order valence-electron chi connectivity index (χ4n) is 5.43. The lowest BCUT2D eigenvalue weighted by atomic mass is 9.71. The molecule has 1 aromatic carbocycles.